The second-order valence-corrected chi connectivity index (χ2v) is 12.8. The van der Waals surface area contributed by atoms with Crippen molar-refractivity contribution in [1.82, 2.24) is 9.80 Å². The number of aliphatic carboxylic acids is 2. The van der Waals surface area contributed by atoms with Crippen LogP contribution in [0.2, 0.25) is 0 Å². The maximum Gasteiger partial charge on any atom is 0.349 e. The first-order valence-corrected chi connectivity index (χ1v) is 17.7. The summed E-state index contributed by atoms with van der Waals surface area (Å²) >= 11 is 1.80. The van der Waals surface area contributed by atoms with E-state index >= 15 is 0 Å². The van der Waals surface area contributed by atoms with Crippen LogP contribution in [0.4, 0.5) is 5.69 Å². The van der Waals surface area contributed by atoms with Gasteiger partial charge in [-0.15, -0.1) is 0 Å². The highest BCUT2D eigenvalue weighted by Gasteiger charge is 2.41. The second kappa shape index (κ2) is 19.3. The number of esters is 2. The summed E-state index contributed by atoms with van der Waals surface area (Å²) in [7, 11) is 0. The lowest BCUT2D eigenvalue weighted by Crippen LogP contribution is -2.49. The minimum absolute atomic E-state index is 0.0253. The summed E-state index contributed by atoms with van der Waals surface area (Å²) in [5.41, 5.74) is 2.32. The molecule has 2 heterocycles. The standard InChI is InChI=1S/C21H25N3O2S.C18H14O8/c25-14-16-26-15-13-23-9-11-24(12-10-23)21-17-5-1-3-7-19(17)27-20-8-4-2-6-18(20)22-21;19-15(20)13(25-17(23)11-7-3-1-4-8-11)14(16(21)22)26-18(24)12-9-5-2-6-10-12/h1-8,25H,9-16H2;1-10,13-14H,(H,19,20)(H,21,22). The van der Waals surface area contributed by atoms with Crippen LogP contribution in [0.15, 0.2) is 124 Å². The van der Waals surface area contributed by atoms with Gasteiger partial charge in [0.15, 0.2) is 0 Å². The predicted molar refractivity (Wildman–Crippen MR) is 196 cm³/mol. The molecule has 6 rings (SSSR count). The number of ether oxygens (including phenoxy) is 3. The maximum absolute atomic E-state index is 12.0. The Morgan fingerprint density at radius 1 is 0.660 bits per heavy atom. The van der Waals surface area contributed by atoms with E-state index in [4.69, 9.17) is 24.3 Å². The monoisotopic (exact) mass is 741 g/mol. The Balaban J connectivity index is 0.000000205. The number of amidine groups is 1. The van der Waals surface area contributed by atoms with E-state index in [9.17, 15) is 29.4 Å². The van der Waals surface area contributed by atoms with Gasteiger partial charge in [0.25, 0.3) is 0 Å². The van der Waals surface area contributed by atoms with E-state index in [1.807, 2.05) is 0 Å². The Hall–Kier alpha value is -5.54. The van der Waals surface area contributed by atoms with Crippen molar-refractivity contribution in [2.45, 2.75) is 22.0 Å². The molecule has 0 saturated carbocycles. The van der Waals surface area contributed by atoms with Gasteiger partial charge in [0.1, 0.15) is 5.84 Å². The quantitative estimate of drug-likeness (QED) is 0.137. The van der Waals surface area contributed by atoms with Crippen LogP contribution in [0.1, 0.15) is 26.3 Å². The van der Waals surface area contributed by atoms with Gasteiger partial charge in [0.2, 0.25) is 12.2 Å². The van der Waals surface area contributed by atoms with Gasteiger partial charge in [-0.2, -0.15) is 0 Å². The van der Waals surface area contributed by atoms with Crippen LogP contribution in [0.5, 0.6) is 0 Å². The first kappa shape index (κ1) is 38.7. The molecular formula is C39H39N3O10S. The molecule has 1 saturated heterocycles. The zero-order valence-corrected chi connectivity index (χ0v) is 29.5. The number of carboxylic acids is 2. The highest BCUT2D eigenvalue weighted by molar-refractivity contribution is 7.99. The molecule has 3 N–H and O–H groups in total. The fourth-order valence-corrected chi connectivity index (χ4v) is 6.47. The number of aliphatic hydroxyl groups excluding tert-OH is 1. The van der Waals surface area contributed by atoms with Gasteiger partial charge in [-0.25, -0.2) is 24.2 Å². The van der Waals surface area contributed by atoms with Gasteiger partial charge in [-0.05, 0) is 42.5 Å². The number of nitrogens with zero attached hydrogens (tertiary/aromatic N) is 3. The van der Waals surface area contributed by atoms with E-state index in [0.717, 1.165) is 44.2 Å². The lowest BCUT2D eigenvalue weighted by Gasteiger charge is -2.36. The minimum Gasteiger partial charge on any atom is -0.478 e. The van der Waals surface area contributed by atoms with Crippen LogP contribution in [-0.2, 0) is 23.8 Å². The van der Waals surface area contributed by atoms with Crippen molar-refractivity contribution >= 4 is 47.2 Å². The Morgan fingerprint density at radius 3 is 1.72 bits per heavy atom. The average molecular weight is 742 g/mol. The zero-order chi connectivity index (χ0) is 37.6. The summed E-state index contributed by atoms with van der Waals surface area (Å²) in [6.45, 7) is 6.01. The van der Waals surface area contributed by atoms with E-state index in [2.05, 4.69) is 58.3 Å². The summed E-state index contributed by atoms with van der Waals surface area (Å²) in [5, 5.41) is 27.3. The predicted octanol–water partition coefficient (Wildman–Crippen LogP) is 4.46. The molecule has 53 heavy (non-hydrogen) atoms. The summed E-state index contributed by atoms with van der Waals surface area (Å²) < 4.78 is 14.9. The summed E-state index contributed by atoms with van der Waals surface area (Å²) in [4.78, 5) is 59.2. The van der Waals surface area contributed by atoms with Gasteiger partial charge in [-0.3, -0.25) is 4.90 Å². The molecule has 2 atom stereocenters. The molecule has 0 amide bonds. The molecular weight excluding hydrogens is 703 g/mol. The summed E-state index contributed by atoms with van der Waals surface area (Å²) in [6, 6.07) is 31.8. The van der Waals surface area contributed by atoms with E-state index in [1.54, 1.807) is 23.9 Å². The third kappa shape index (κ3) is 10.7. The first-order chi connectivity index (χ1) is 25.7. The fourth-order valence-electron chi connectivity index (χ4n) is 5.45. The Kier molecular flexibility index (Phi) is 14.1. The minimum atomic E-state index is -2.21. The van der Waals surface area contributed by atoms with Gasteiger partial charge >= 0.3 is 23.9 Å². The van der Waals surface area contributed by atoms with Crippen LogP contribution in [-0.4, -0.2) is 120 Å². The molecule has 4 aromatic carbocycles. The van der Waals surface area contributed by atoms with Crippen molar-refractivity contribution in [3.05, 3.63) is 126 Å². The van der Waals surface area contributed by atoms with Crippen LogP contribution in [0.3, 0.4) is 0 Å². The number of hydrogen-bond donors (Lipinski definition) is 3. The van der Waals surface area contributed by atoms with Gasteiger partial charge in [0.05, 0.1) is 36.6 Å². The van der Waals surface area contributed by atoms with Gasteiger partial charge in [-0.1, -0.05) is 78.5 Å². The van der Waals surface area contributed by atoms with Crippen molar-refractivity contribution in [3.63, 3.8) is 0 Å². The number of aliphatic imine (C=N–C) groups is 1. The number of aliphatic hydroxyl groups is 1. The van der Waals surface area contributed by atoms with E-state index < -0.39 is 36.1 Å². The van der Waals surface area contributed by atoms with Crippen molar-refractivity contribution in [1.29, 1.82) is 0 Å². The number of benzene rings is 4. The number of hydrogen-bond acceptors (Lipinski definition) is 12. The number of carbonyl (C=O) groups excluding carboxylic acids is 2. The largest absolute Gasteiger partial charge is 0.478 e. The van der Waals surface area contributed by atoms with Crippen molar-refractivity contribution < 1.29 is 48.7 Å². The molecule has 14 heteroatoms. The lowest BCUT2D eigenvalue weighted by molar-refractivity contribution is -0.166. The van der Waals surface area contributed by atoms with Crippen LogP contribution < -0.4 is 0 Å². The molecule has 13 nitrogen and oxygen atoms in total. The molecule has 0 aliphatic carbocycles. The third-order valence-corrected chi connectivity index (χ3v) is 9.29. The molecule has 0 bridgehead atoms. The van der Waals surface area contributed by atoms with Crippen molar-refractivity contribution in [2.75, 3.05) is 52.5 Å². The Morgan fingerprint density at radius 2 is 1.17 bits per heavy atom. The number of carbonyl (C=O) groups is 4. The molecule has 2 aliphatic heterocycles. The normalized spacial score (nSPS) is 14.8. The molecule has 2 aliphatic rings. The van der Waals surface area contributed by atoms with Crippen LogP contribution >= 0.6 is 11.8 Å². The van der Waals surface area contributed by atoms with E-state index in [0.29, 0.717) is 13.2 Å². The van der Waals surface area contributed by atoms with Crippen LogP contribution in [0, 0.1) is 0 Å². The SMILES string of the molecule is O=C(OC(C(=O)O)C(OC(=O)c1ccccc1)C(=O)O)c1ccccc1.OCCOCCN1CCN(C2=Nc3ccccc3Sc3ccccc32)CC1. The molecule has 0 radical (unpaired) electrons. The molecule has 1 fully saturated rings. The lowest BCUT2D eigenvalue weighted by atomic mass is 10.1. The number of piperazine rings is 1. The van der Waals surface area contributed by atoms with Crippen molar-refractivity contribution in [2.24, 2.45) is 4.99 Å². The number of rotatable bonds is 12. The fraction of sp³-hybridized carbons (Fsp3) is 0.256. The Bertz CT molecular complexity index is 1820. The molecule has 0 aromatic heterocycles. The van der Waals surface area contributed by atoms with E-state index in [-0.39, 0.29) is 17.7 Å². The van der Waals surface area contributed by atoms with Crippen molar-refractivity contribution in [3.8, 4) is 0 Å². The number of para-hydroxylation sites is 1. The van der Waals surface area contributed by atoms with Gasteiger partial charge in [0, 0.05) is 48.1 Å². The molecule has 0 spiro atoms. The number of fused-ring (bicyclic) bond motifs is 2. The first-order valence-electron chi connectivity index (χ1n) is 16.8. The maximum atomic E-state index is 12.0. The topological polar surface area (TPSA) is 176 Å². The molecule has 4 aromatic rings. The number of carboxylic acid groups (broad SMARTS) is 2. The van der Waals surface area contributed by atoms with E-state index in [1.165, 1.54) is 63.9 Å². The Labute approximate surface area is 310 Å². The van der Waals surface area contributed by atoms with Gasteiger partial charge < -0.3 is 34.4 Å². The molecule has 2 unspecified atom stereocenters. The van der Waals surface area contributed by atoms with Crippen LogP contribution in [0.25, 0.3) is 0 Å². The summed E-state index contributed by atoms with van der Waals surface area (Å²) in [6.07, 6.45) is -4.43. The zero-order valence-electron chi connectivity index (χ0n) is 28.7. The molecule has 276 valence electrons. The summed E-state index contributed by atoms with van der Waals surface area (Å²) in [5.74, 6) is -4.55. The third-order valence-electron chi connectivity index (χ3n) is 8.15. The average Bonchev–Trinajstić information content (AvgIpc) is 3.35. The smallest absolute Gasteiger partial charge is 0.349 e. The highest BCUT2D eigenvalue weighted by Crippen LogP contribution is 2.40. The highest BCUT2D eigenvalue weighted by atomic mass is 32.2. The second-order valence-electron chi connectivity index (χ2n) is 11.7.